The number of aryl methyl sites for hydroxylation is 1. The van der Waals surface area contributed by atoms with E-state index in [0.717, 1.165) is 37.0 Å². The highest BCUT2D eigenvalue weighted by molar-refractivity contribution is 5.76. The number of nitrogens with one attached hydrogen (secondary N) is 1. The molecule has 0 aromatic carbocycles. The predicted molar refractivity (Wildman–Crippen MR) is 89.7 cm³/mol. The van der Waals surface area contributed by atoms with Crippen LogP contribution in [0, 0.1) is 17.3 Å². The molecule has 0 saturated heterocycles. The maximum absolute atomic E-state index is 12.3. The SMILES string of the molecule is CC1CC(CC(=O)NCc2nnc3n2CCCC3)CC(C)(C)C1. The normalized spacial score (nSPS) is 26.6. The van der Waals surface area contributed by atoms with Crippen molar-refractivity contribution in [2.75, 3.05) is 0 Å². The zero-order chi connectivity index (χ0) is 16.4. The smallest absolute Gasteiger partial charge is 0.220 e. The molecule has 5 nitrogen and oxygen atoms in total. The summed E-state index contributed by atoms with van der Waals surface area (Å²) >= 11 is 0. The number of fused-ring (bicyclic) bond motifs is 1. The first-order valence-electron chi connectivity index (χ1n) is 9.10. The molecule has 0 radical (unpaired) electrons. The third-order valence-electron chi connectivity index (χ3n) is 5.33. The van der Waals surface area contributed by atoms with E-state index < -0.39 is 0 Å². The predicted octanol–water partition coefficient (Wildman–Crippen LogP) is 3.08. The Bertz CT molecular complexity index is 563. The summed E-state index contributed by atoms with van der Waals surface area (Å²) in [6.07, 6.45) is 7.64. The van der Waals surface area contributed by atoms with Crippen molar-refractivity contribution in [2.24, 2.45) is 17.3 Å². The molecule has 3 rings (SSSR count). The van der Waals surface area contributed by atoms with Gasteiger partial charge in [0.25, 0.3) is 0 Å². The van der Waals surface area contributed by atoms with Gasteiger partial charge in [0.05, 0.1) is 6.54 Å². The molecule has 2 unspecified atom stereocenters. The molecule has 1 fully saturated rings. The summed E-state index contributed by atoms with van der Waals surface area (Å²) in [5.41, 5.74) is 0.370. The van der Waals surface area contributed by atoms with Crippen molar-refractivity contribution in [1.29, 1.82) is 0 Å². The quantitative estimate of drug-likeness (QED) is 0.928. The fraction of sp³-hybridized carbons (Fsp3) is 0.833. The molecule has 2 heterocycles. The van der Waals surface area contributed by atoms with E-state index in [0.29, 0.717) is 24.3 Å². The highest BCUT2D eigenvalue weighted by atomic mass is 16.1. The molecule has 23 heavy (non-hydrogen) atoms. The minimum atomic E-state index is 0.160. The van der Waals surface area contributed by atoms with Crippen LogP contribution in [0.4, 0.5) is 0 Å². The molecular weight excluding hydrogens is 288 g/mol. The molecule has 2 atom stereocenters. The molecule has 1 aromatic heterocycles. The largest absolute Gasteiger partial charge is 0.349 e. The van der Waals surface area contributed by atoms with E-state index in [2.05, 4.69) is 40.9 Å². The number of carbonyl (C=O) groups is 1. The van der Waals surface area contributed by atoms with Gasteiger partial charge >= 0.3 is 0 Å². The number of hydrogen-bond acceptors (Lipinski definition) is 3. The van der Waals surface area contributed by atoms with Gasteiger partial charge in [0.2, 0.25) is 5.91 Å². The van der Waals surface area contributed by atoms with E-state index in [1.807, 2.05) is 0 Å². The van der Waals surface area contributed by atoms with E-state index in [-0.39, 0.29) is 5.91 Å². The Balaban J connectivity index is 1.51. The second-order valence-electron chi connectivity index (χ2n) is 8.40. The van der Waals surface area contributed by atoms with Gasteiger partial charge in [-0.1, -0.05) is 20.8 Å². The average Bonchev–Trinajstić information content (AvgIpc) is 2.86. The fourth-order valence-corrected chi connectivity index (χ4v) is 4.71. The minimum Gasteiger partial charge on any atom is -0.349 e. The molecule has 1 aliphatic heterocycles. The number of hydrogen-bond donors (Lipinski definition) is 1. The van der Waals surface area contributed by atoms with Crippen molar-refractivity contribution in [1.82, 2.24) is 20.1 Å². The summed E-state index contributed by atoms with van der Waals surface area (Å²) < 4.78 is 2.18. The van der Waals surface area contributed by atoms with E-state index in [4.69, 9.17) is 0 Å². The van der Waals surface area contributed by atoms with Gasteiger partial charge in [-0.15, -0.1) is 10.2 Å². The first-order chi connectivity index (χ1) is 10.9. The van der Waals surface area contributed by atoms with Crippen LogP contribution in [-0.2, 0) is 24.3 Å². The molecule has 5 heteroatoms. The van der Waals surface area contributed by atoms with Crippen molar-refractivity contribution in [3.63, 3.8) is 0 Å². The Morgan fingerprint density at radius 3 is 2.91 bits per heavy atom. The monoisotopic (exact) mass is 318 g/mol. The van der Waals surface area contributed by atoms with Crippen molar-refractivity contribution >= 4 is 5.91 Å². The lowest BCUT2D eigenvalue weighted by molar-refractivity contribution is -0.122. The Hall–Kier alpha value is -1.39. The van der Waals surface area contributed by atoms with E-state index in [1.165, 1.54) is 25.7 Å². The van der Waals surface area contributed by atoms with E-state index >= 15 is 0 Å². The van der Waals surface area contributed by atoms with Crippen molar-refractivity contribution in [3.8, 4) is 0 Å². The van der Waals surface area contributed by atoms with Gasteiger partial charge in [0.15, 0.2) is 5.82 Å². The third-order valence-corrected chi connectivity index (χ3v) is 5.33. The number of amides is 1. The molecule has 1 aliphatic carbocycles. The summed E-state index contributed by atoms with van der Waals surface area (Å²) in [6, 6.07) is 0. The molecule has 2 aliphatic rings. The van der Waals surface area contributed by atoms with Crippen LogP contribution in [0.15, 0.2) is 0 Å². The topological polar surface area (TPSA) is 59.8 Å². The number of rotatable bonds is 4. The lowest BCUT2D eigenvalue weighted by atomic mass is 9.67. The number of carbonyl (C=O) groups excluding carboxylic acids is 1. The van der Waals surface area contributed by atoms with Crippen molar-refractivity contribution < 1.29 is 4.79 Å². The molecule has 0 bridgehead atoms. The van der Waals surface area contributed by atoms with Crippen LogP contribution in [0.3, 0.4) is 0 Å². The van der Waals surface area contributed by atoms with Crippen LogP contribution in [0.25, 0.3) is 0 Å². The molecule has 1 saturated carbocycles. The third kappa shape index (κ3) is 4.12. The van der Waals surface area contributed by atoms with Gasteiger partial charge in [-0.05, 0) is 49.4 Å². The van der Waals surface area contributed by atoms with Crippen molar-refractivity contribution in [2.45, 2.75) is 78.8 Å². The summed E-state index contributed by atoms with van der Waals surface area (Å²) in [4.78, 5) is 12.3. The van der Waals surface area contributed by atoms with Crippen LogP contribution < -0.4 is 5.32 Å². The summed E-state index contributed by atoms with van der Waals surface area (Å²) in [7, 11) is 0. The summed E-state index contributed by atoms with van der Waals surface area (Å²) in [6.45, 7) is 8.47. The highest BCUT2D eigenvalue weighted by Gasteiger charge is 2.32. The highest BCUT2D eigenvalue weighted by Crippen LogP contribution is 2.42. The molecule has 0 spiro atoms. The van der Waals surface area contributed by atoms with Gasteiger partial charge in [-0.25, -0.2) is 0 Å². The van der Waals surface area contributed by atoms with Gasteiger partial charge in [-0.3, -0.25) is 4.79 Å². The maximum Gasteiger partial charge on any atom is 0.220 e. The molecule has 128 valence electrons. The van der Waals surface area contributed by atoms with Crippen LogP contribution >= 0.6 is 0 Å². The average molecular weight is 318 g/mol. The zero-order valence-corrected chi connectivity index (χ0v) is 14.8. The lowest BCUT2D eigenvalue weighted by Gasteiger charge is -2.38. The second-order valence-corrected chi connectivity index (χ2v) is 8.40. The molecule has 1 N–H and O–H groups in total. The van der Waals surface area contributed by atoms with Gasteiger partial charge < -0.3 is 9.88 Å². The first-order valence-corrected chi connectivity index (χ1v) is 9.10. The van der Waals surface area contributed by atoms with Crippen LogP contribution in [0.5, 0.6) is 0 Å². The standard InChI is InChI=1S/C18H30N4O/c1-13-8-14(11-18(2,3)10-13)9-17(23)19-12-16-21-20-15-6-4-5-7-22(15)16/h13-14H,4-12H2,1-3H3,(H,19,23). The summed E-state index contributed by atoms with van der Waals surface area (Å²) in [5.74, 6) is 3.38. The zero-order valence-electron chi connectivity index (χ0n) is 14.8. The van der Waals surface area contributed by atoms with Gasteiger partial charge in [0.1, 0.15) is 5.82 Å². The van der Waals surface area contributed by atoms with Crippen LogP contribution in [0.2, 0.25) is 0 Å². The van der Waals surface area contributed by atoms with Crippen LogP contribution in [-0.4, -0.2) is 20.7 Å². The fourth-order valence-electron chi connectivity index (χ4n) is 4.71. The minimum absolute atomic E-state index is 0.160. The summed E-state index contributed by atoms with van der Waals surface area (Å²) in [5, 5.41) is 11.6. The number of aromatic nitrogens is 3. The Morgan fingerprint density at radius 2 is 2.13 bits per heavy atom. The van der Waals surface area contributed by atoms with E-state index in [1.54, 1.807) is 0 Å². The van der Waals surface area contributed by atoms with Crippen LogP contribution in [0.1, 0.15) is 70.9 Å². The first kappa shape index (κ1) is 16.5. The molecule has 1 amide bonds. The van der Waals surface area contributed by atoms with Crippen molar-refractivity contribution in [3.05, 3.63) is 11.6 Å². The lowest BCUT2D eigenvalue weighted by Crippen LogP contribution is -2.32. The molecule has 1 aromatic rings. The Labute approximate surface area is 139 Å². The maximum atomic E-state index is 12.3. The number of nitrogens with zero attached hydrogens (tertiary/aromatic N) is 3. The van der Waals surface area contributed by atoms with Gasteiger partial charge in [0, 0.05) is 19.4 Å². The second kappa shape index (κ2) is 6.62. The van der Waals surface area contributed by atoms with Gasteiger partial charge in [-0.2, -0.15) is 0 Å². The Morgan fingerprint density at radius 1 is 1.30 bits per heavy atom. The molecular formula is C18H30N4O. The Kier molecular flexibility index (Phi) is 4.74. The van der Waals surface area contributed by atoms with E-state index in [9.17, 15) is 4.79 Å².